The molecule has 0 amide bonds. The molecule has 2 nitrogen and oxygen atoms in total. The molecule has 0 saturated heterocycles. The number of nitrogens with one attached hydrogen (secondary N) is 1. The fraction of sp³-hybridized carbons (Fsp3) is 0.708. The zero-order valence-corrected chi connectivity index (χ0v) is 16.7. The molecule has 0 aromatic rings. The van der Waals surface area contributed by atoms with E-state index >= 15 is 0 Å². The van der Waals surface area contributed by atoms with Gasteiger partial charge in [-0.3, -0.25) is 4.79 Å². The summed E-state index contributed by atoms with van der Waals surface area (Å²) in [6.45, 7) is 9.07. The standard InChI is InChI=1S/C24H33NO/c1-5-16-12-17-8-10-24-14-23(24)11-9-19(25-4)15(2)18(23)6-7-21(24)22(17,3)13-20(16)26/h8,12,18-19,21,25H,2,5-7,9-11,13-14H2,1,3-4H3/t18-,19-,21-,22+,23-,24-/m0/s1. The Labute approximate surface area is 158 Å². The van der Waals surface area contributed by atoms with Crippen LogP contribution in [0.1, 0.15) is 65.2 Å². The lowest BCUT2D eigenvalue weighted by Crippen LogP contribution is -2.50. The summed E-state index contributed by atoms with van der Waals surface area (Å²) < 4.78 is 0. The van der Waals surface area contributed by atoms with E-state index in [2.05, 4.69) is 44.9 Å². The lowest BCUT2D eigenvalue weighted by atomic mass is 9.48. The first-order valence-corrected chi connectivity index (χ1v) is 10.7. The van der Waals surface area contributed by atoms with E-state index in [1.807, 2.05) is 0 Å². The predicted molar refractivity (Wildman–Crippen MR) is 106 cm³/mol. The summed E-state index contributed by atoms with van der Waals surface area (Å²) in [5.41, 5.74) is 5.02. The van der Waals surface area contributed by atoms with Crippen LogP contribution in [0.25, 0.3) is 0 Å². The number of likely N-dealkylation sites (N-methyl/N-ethyl adjacent to an activating group) is 1. The van der Waals surface area contributed by atoms with Crippen LogP contribution < -0.4 is 5.32 Å². The maximum absolute atomic E-state index is 12.8. The number of rotatable bonds is 2. The highest BCUT2D eigenvalue weighted by Crippen LogP contribution is 2.84. The quantitative estimate of drug-likeness (QED) is 0.712. The third kappa shape index (κ3) is 1.80. The SMILES string of the molecule is C=C1[C@@H](NC)CC[C@@]23C[C@]24CC=C2C=C(CC)C(=O)C[C@@]2(C)[C@@H]4CC[C@@H]13. The molecule has 2 spiro atoms. The van der Waals surface area contributed by atoms with Crippen LogP contribution in [-0.4, -0.2) is 18.9 Å². The molecule has 3 saturated carbocycles. The zero-order chi connectivity index (χ0) is 18.3. The summed E-state index contributed by atoms with van der Waals surface area (Å²) in [5, 5.41) is 3.50. The van der Waals surface area contributed by atoms with Gasteiger partial charge in [0.05, 0.1) is 0 Å². The third-order valence-corrected chi connectivity index (χ3v) is 9.41. The smallest absolute Gasteiger partial charge is 0.159 e. The van der Waals surface area contributed by atoms with Gasteiger partial charge in [0.15, 0.2) is 5.78 Å². The molecule has 0 bridgehead atoms. The molecular weight excluding hydrogens is 318 g/mol. The van der Waals surface area contributed by atoms with Crippen molar-refractivity contribution < 1.29 is 4.79 Å². The summed E-state index contributed by atoms with van der Waals surface area (Å²) in [6, 6.07) is 0.511. The minimum Gasteiger partial charge on any atom is -0.313 e. The molecule has 5 aliphatic rings. The lowest BCUT2D eigenvalue weighted by Gasteiger charge is -2.56. The van der Waals surface area contributed by atoms with E-state index in [1.54, 1.807) is 0 Å². The molecule has 140 valence electrons. The third-order valence-electron chi connectivity index (χ3n) is 9.41. The number of Topliss-reactive ketones (excluding diaryl/α,β-unsaturated/α-hetero) is 1. The molecule has 1 N–H and O–H groups in total. The monoisotopic (exact) mass is 351 g/mol. The van der Waals surface area contributed by atoms with Crippen molar-refractivity contribution in [2.75, 3.05) is 7.05 Å². The average molecular weight is 352 g/mol. The normalized spacial score (nSPS) is 49.3. The Balaban J connectivity index is 1.55. The van der Waals surface area contributed by atoms with Crippen molar-refractivity contribution >= 4 is 5.78 Å². The van der Waals surface area contributed by atoms with Crippen LogP contribution >= 0.6 is 0 Å². The number of carbonyl (C=O) groups is 1. The molecule has 0 aromatic carbocycles. The Morgan fingerprint density at radius 1 is 1.27 bits per heavy atom. The van der Waals surface area contributed by atoms with Gasteiger partial charge in [0, 0.05) is 17.9 Å². The van der Waals surface area contributed by atoms with Crippen LogP contribution in [0, 0.1) is 28.1 Å². The first-order chi connectivity index (χ1) is 12.4. The van der Waals surface area contributed by atoms with Gasteiger partial charge in [-0.1, -0.05) is 38.2 Å². The summed E-state index contributed by atoms with van der Waals surface area (Å²) in [4.78, 5) is 12.8. The molecule has 6 atom stereocenters. The fourth-order valence-corrected chi connectivity index (χ4v) is 8.09. The van der Waals surface area contributed by atoms with Crippen molar-refractivity contribution in [2.24, 2.45) is 28.1 Å². The highest BCUT2D eigenvalue weighted by atomic mass is 16.1. The maximum Gasteiger partial charge on any atom is 0.159 e. The summed E-state index contributed by atoms with van der Waals surface area (Å²) in [6.07, 6.45) is 14.2. The van der Waals surface area contributed by atoms with Crippen LogP contribution in [0.2, 0.25) is 0 Å². The first kappa shape index (κ1) is 17.0. The molecule has 0 aliphatic heterocycles. The molecule has 5 rings (SSSR count). The second kappa shape index (κ2) is 5.22. The number of fused-ring (bicyclic) bond motifs is 2. The second-order valence-electron chi connectivity index (χ2n) is 10.0. The summed E-state index contributed by atoms with van der Waals surface area (Å²) >= 11 is 0. The number of allylic oxidation sites excluding steroid dienone is 4. The van der Waals surface area contributed by atoms with E-state index in [0.29, 0.717) is 34.5 Å². The van der Waals surface area contributed by atoms with E-state index in [-0.39, 0.29) is 5.41 Å². The van der Waals surface area contributed by atoms with E-state index < -0.39 is 0 Å². The van der Waals surface area contributed by atoms with Crippen molar-refractivity contribution in [3.05, 3.63) is 35.5 Å². The van der Waals surface area contributed by atoms with Gasteiger partial charge < -0.3 is 5.32 Å². The van der Waals surface area contributed by atoms with Gasteiger partial charge in [0.25, 0.3) is 0 Å². The molecule has 5 aliphatic carbocycles. The molecule has 0 unspecified atom stereocenters. The van der Waals surface area contributed by atoms with Gasteiger partial charge in [-0.05, 0) is 85.8 Å². The molecular formula is C24H33NO. The zero-order valence-electron chi connectivity index (χ0n) is 16.7. The number of hydrogen-bond donors (Lipinski definition) is 1. The van der Waals surface area contributed by atoms with Crippen molar-refractivity contribution in [3.63, 3.8) is 0 Å². The van der Waals surface area contributed by atoms with Gasteiger partial charge in [-0.25, -0.2) is 0 Å². The highest BCUT2D eigenvalue weighted by Gasteiger charge is 2.77. The van der Waals surface area contributed by atoms with Gasteiger partial charge in [0.2, 0.25) is 0 Å². The fourth-order valence-electron chi connectivity index (χ4n) is 8.09. The minimum atomic E-state index is 0.0731. The van der Waals surface area contributed by atoms with E-state index in [9.17, 15) is 4.79 Å². The van der Waals surface area contributed by atoms with Crippen LogP contribution in [0.3, 0.4) is 0 Å². The van der Waals surface area contributed by atoms with Gasteiger partial charge >= 0.3 is 0 Å². The Bertz CT molecular complexity index is 760. The molecule has 2 heteroatoms. The topological polar surface area (TPSA) is 29.1 Å². The van der Waals surface area contributed by atoms with Crippen molar-refractivity contribution in [3.8, 4) is 0 Å². The van der Waals surface area contributed by atoms with Gasteiger partial charge in [-0.2, -0.15) is 0 Å². The number of hydrogen-bond acceptors (Lipinski definition) is 2. The van der Waals surface area contributed by atoms with Crippen LogP contribution in [0.4, 0.5) is 0 Å². The average Bonchev–Trinajstić information content (AvgIpc) is 3.28. The number of carbonyl (C=O) groups excluding carboxylic acids is 1. The largest absolute Gasteiger partial charge is 0.313 e. The first-order valence-electron chi connectivity index (χ1n) is 10.7. The van der Waals surface area contributed by atoms with E-state index in [4.69, 9.17) is 0 Å². The van der Waals surface area contributed by atoms with Crippen molar-refractivity contribution in [1.29, 1.82) is 0 Å². The van der Waals surface area contributed by atoms with Gasteiger partial charge in [-0.15, -0.1) is 0 Å². The Hall–Kier alpha value is -1.15. The molecule has 0 radical (unpaired) electrons. The summed E-state index contributed by atoms with van der Waals surface area (Å²) in [5.74, 6) is 1.79. The molecule has 26 heavy (non-hydrogen) atoms. The molecule has 0 aromatic heterocycles. The van der Waals surface area contributed by atoms with Crippen LogP contribution in [-0.2, 0) is 4.79 Å². The van der Waals surface area contributed by atoms with Crippen molar-refractivity contribution in [2.45, 2.75) is 71.3 Å². The summed E-state index contributed by atoms with van der Waals surface area (Å²) in [7, 11) is 2.09. The predicted octanol–water partition coefficient (Wildman–Crippen LogP) is 4.97. The van der Waals surface area contributed by atoms with E-state index in [1.165, 1.54) is 49.7 Å². The second-order valence-corrected chi connectivity index (χ2v) is 10.0. The van der Waals surface area contributed by atoms with E-state index in [0.717, 1.165) is 18.4 Å². The number of ketones is 1. The minimum absolute atomic E-state index is 0.0731. The van der Waals surface area contributed by atoms with Crippen LogP contribution in [0.15, 0.2) is 35.5 Å². The highest BCUT2D eigenvalue weighted by molar-refractivity contribution is 5.98. The Morgan fingerprint density at radius 3 is 2.81 bits per heavy atom. The van der Waals surface area contributed by atoms with Crippen LogP contribution in [0.5, 0.6) is 0 Å². The molecule has 0 heterocycles. The Morgan fingerprint density at radius 2 is 2.08 bits per heavy atom. The molecule has 3 fully saturated rings. The lowest BCUT2D eigenvalue weighted by molar-refractivity contribution is -0.119. The van der Waals surface area contributed by atoms with Gasteiger partial charge in [0.1, 0.15) is 0 Å². The maximum atomic E-state index is 12.8. The Kier molecular flexibility index (Phi) is 3.41. The van der Waals surface area contributed by atoms with Crippen molar-refractivity contribution in [1.82, 2.24) is 5.32 Å².